The molecule has 2 fully saturated rings. The van der Waals surface area contributed by atoms with Gasteiger partial charge >= 0.3 is 0 Å². The lowest BCUT2D eigenvalue weighted by Crippen LogP contribution is -2.50. The van der Waals surface area contributed by atoms with E-state index in [9.17, 15) is 9.59 Å². The van der Waals surface area contributed by atoms with Crippen LogP contribution < -0.4 is 0 Å². The summed E-state index contributed by atoms with van der Waals surface area (Å²) >= 11 is 0. The molecule has 2 aliphatic rings. The molecular formula is C21H40N4O2. The van der Waals surface area contributed by atoms with Crippen molar-refractivity contribution < 1.29 is 9.59 Å². The molecule has 0 spiro atoms. The van der Waals surface area contributed by atoms with Crippen LogP contribution in [0.4, 0.5) is 0 Å². The predicted octanol–water partition coefficient (Wildman–Crippen LogP) is 1.90. The van der Waals surface area contributed by atoms with E-state index in [0.29, 0.717) is 12.3 Å². The number of carbonyl (C=O) groups is 2. The number of hydrogen-bond donors (Lipinski definition) is 0. The zero-order valence-electron chi connectivity index (χ0n) is 17.8. The molecule has 6 nitrogen and oxygen atoms in total. The summed E-state index contributed by atoms with van der Waals surface area (Å²) in [6, 6.07) is 0. The van der Waals surface area contributed by atoms with Crippen LogP contribution in [0.2, 0.25) is 0 Å². The van der Waals surface area contributed by atoms with Crippen LogP contribution in [0.5, 0.6) is 0 Å². The number of likely N-dealkylation sites (tertiary alicyclic amines) is 1. The zero-order chi connectivity index (χ0) is 19.6. The van der Waals surface area contributed by atoms with Crippen LogP contribution in [0, 0.1) is 5.92 Å². The lowest BCUT2D eigenvalue weighted by atomic mass is 9.96. The topological polar surface area (TPSA) is 47.1 Å². The molecule has 0 bridgehead atoms. The first-order valence-electron chi connectivity index (χ1n) is 10.9. The molecule has 0 N–H and O–H groups in total. The van der Waals surface area contributed by atoms with E-state index in [1.54, 1.807) is 11.8 Å². The quantitative estimate of drug-likeness (QED) is 0.573. The molecular weight excluding hydrogens is 340 g/mol. The van der Waals surface area contributed by atoms with E-state index in [1.807, 2.05) is 7.05 Å². The minimum Gasteiger partial charge on any atom is -0.346 e. The molecule has 6 heteroatoms. The van der Waals surface area contributed by atoms with E-state index in [-0.39, 0.29) is 5.91 Å². The average Bonchev–Trinajstić information content (AvgIpc) is 2.66. The maximum absolute atomic E-state index is 12.4. The van der Waals surface area contributed by atoms with Gasteiger partial charge in [0.15, 0.2) is 0 Å². The number of carbonyl (C=O) groups excluding carboxylic acids is 2. The summed E-state index contributed by atoms with van der Waals surface area (Å²) in [6.45, 7) is 9.97. The second-order valence-corrected chi connectivity index (χ2v) is 8.53. The van der Waals surface area contributed by atoms with Gasteiger partial charge in [0.2, 0.25) is 11.8 Å². The average molecular weight is 381 g/mol. The summed E-state index contributed by atoms with van der Waals surface area (Å²) in [7, 11) is 4.06. The third kappa shape index (κ3) is 8.18. The van der Waals surface area contributed by atoms with Gasteiger partial charge in [0, 0.05) is 59.7 Å². The van der Waals surface area contributed by atoms with E-state index in [2.05, 4.69) is 21.7 Å². The Hall–Kier alpha value is -1.14. The Morgan fingerprint density at radius 3 is 2.19 bits per heavy atom. The molecule has 2 rings (SSSR count). The van der Waals surface area contributed by atoms with Crippen molar-refractivity contribution in [3.8, 4) is 0 Å². The summed E-state index contributed by atoms with van der Waals surface area (Å²) in [5.41, 5.74) is 0. The number of piperazine rings is 1. The van der Waals surface area contributed by atoms with Gasteiger partial charge in [0.05, 0.1) is 0 Å². The molecule has 27 heavy (non-hydrogen) atoms. The minimum atomic E-state index is 0.125. The van der Waals surface area contributed by atoms with Gasteiger partial charge in [-0.25, -0.2) is 0 Å². The molecule has 0 saturated carbocycles. The molecule has 2 heterocycles. The second-order valence-electron chi connectivity index (χ2n) is 8.53. The Kier molecular flexibility index (Phi) is 9.56. The van der Waals surface area contributed by atoms with Gasteiger partial charge in [-0.15, -0.1) is 0 Å². The highest BCUT2D eigenvalue weighted by atomic mass is 16.2. The predicted molar refractivity (Wildman–Crippen MR) is 110 cm³/mol. The Balaban J connectivity index is 1.51. The number of nitrogens with zero attached hydrogens (tertiary/aromatic N) is 4. The van der Waals surface area contributed by atoms with Crippen molar-refractivity contribution in [1.29, 1.82) is 0 Å². The maximum Gasteiger partial charge on any atom is 0.222 e. The first-order chi connectivity index (χ1) is 13.0. The zero-order valence-corrected chi connectivity index (χ0v) is 17.8. The molecule has 2 amide bonds. The normalized spacial score (nSPS) is 20.0. The van der Waals surface area contributed by atoms with Gasteiger partial charge in [-0.1, -0.05) is 12.8 Å². The Morgan fingerprint density at radius 2 is 1.56 bits per heavy atom. The number of hydrogen-bond acceptors (Lipinski definition) is 4. The smallest absolute Gasteiger partial charge is 0.222 e. The van der Waals surface area contributed by atoms with Crippen LogP contribution in [0.3, 0.4) is 0 Å². The van der Waals surface area contributed by atoms with Crippen molar-refractivity contribution in [1.82, 2.24) is 19.6 Å². The third-order valence-electron chi connectivity index (χ3n) is 6.25. The van der Waals surface area contributed by atoms with E-state index in [4.69, 9.17) is 0 Å². The fourth-order valence-electron chi connectivity index (χ4n) is 4.08. The Labute approximate surface area is 165 Å². The molecule has 0 radical (unpaired) electrons. The molecule has 0 unspecified atom stereocenters. The van der Waals surface area contributed by atoms with Crippen molar-refractivity contribution in [2.45, 2.75) is 51.9 Å². The molecule has 0 atom stereocenters. The van der Waals surface area contributed by atoms with Crippen LogP contribution in [0.15, 0.2) is 0 Å². The lowest BCUT2D eigenvalue weighted by Gasteiger charge is -2.38. The van der Waals surface area contributed by atoms with E-state index in [0.717, 1.165) is 64.3 Å². The summed E-state index contributed by atoms with van der Waals surface area (Å²) in [6.07, 6.45) is 7.48. The fourth-order valence-corrected chi connectivity index (χ4v) is 4.08. The van der Waals surface area contributed by atoms with Gasteiger partial charge in [-0.3, -0.25) is 14.5 Å². The Bertz CT molecular complexity index is 455. The molecule has 0 aliphatic carbocycles. The van der Waals surface area contributed by atoms with Gasteiger partial charge in [0.1, 0.15) is 0 Å². The molecule has 0 aromatic carbocycles. The standard InChI is InChI=1S/C21H40N4O2/c1-19(26)23(3)11-7-5-4-6-8-21(27)25-16-14-24(15-17-25)18-20-9-12-22(2)13-10-20/h20H,4-18H2,1-3H3. The number of rotatable bonds is 9. The van der Waals surface area contributed by atoms with Crippen molar-refractivity contribution in [2.24, 2.45) is 5.92 Å². The van der Waals surface area contributed by atoms with Crippen LogP contribution in [0.25, 0.3) is 0 Å². The van der Waals surface area contributed by atoms with Gasteiger partial charge < -0.3 is 14.7 Å². The number of unbranched alkanes of at least 4 members (excludes halogenated alkanes) is 3. The van der Waals surface area contributed by atoms with Crippen molar-refractivity contribution >= 4 is 11.8 Å². The Morgan fingerprint density at radius 1 is 0.926 bits per heavy atom. The molecule has 2 aliphatic heterocycles. The van der Waals surface area contributed by atoms with E-state index < -0.39 is 0 Å². The minimum absolute atomic E-state index is 0.125. The van der Waals surface area contributed by atoms with Crippen LogP contribution in [-0.4, -0.2) is 97.9 Å². The van der Waals surface area contributed by atoms with E-state index in [1.165, 1.54) is 32.5 Å². The van der Waals surface area contributed by atoms with E-state index >= 15 is 0 Å². The van der Waals surface area contributed by atoms with Crippen LogP contribution in [0.1, 0.15) is 51.9 Å². The van der Waals surface area contributed by atoms with Crippen molar-refractivity contribution in [2.75, 3.05) is 66.5 Å². The van der Waals surface area contributed by atoms with Gasteiger partial charge in [-0.2, -0.15) is 0 Å². The summed E-state index contributed by atoms with van der Waals surface area (Å²) < 4.78 is 0. The van der Waals surface area contributed by atoms with Gasteiger partial charge in [0.25, 0.3) is 0 Å². The first kappa shape index (κ1) is 22.2. The third-order valence-corrected chi connectivity index (χ3v) is 6.25. The summed E-state index contributed by atoms with van der Waals surface area (Å²) in [5.74, 6) is 1.29. The highest BCUT2D eigenvalue weighted by Gasteiger charge is 2.24. The fraction of sp³-hybridized carbons (Fsp3) is 0.905. The highest BCUT2D eigenvalue weighted by molar-refractivity contribution is 5.76. The molecule has 0 aromatic heterocycles. The SMILES string of the molecule is CC(=O)N(C)CCCCCCC(=O)N1CCN(CC2CCN(C)CC2)CC1. The lowest BCUT2D eigenvalue weighted by molar-refractivity contribution is -0.133. The number of piperidine rings is 1. The molecule has 0 aromatic rings. The summed E-state index contributed by atoms with van der Waals surface area (Å²) in [5, 5.41) is 0. The van der Waals surface area contributed by atoms with Crippen molar-refractivity contribution in [3.05, 3.63) is 0 Å². The molecule has 156 valence electrons. The van der Waals surface area contributed by atoms with Crippen molar-refractivity contribution in [3.63, 3.8) is 0 Å². The highest BCUT2D eigenvalue weighted by Crippen LogP contribution is 2.18. The monoisotopic (exact) mass is 380 g/mol. The second kappa shape index (κ2) is 11.6. The van der Waals surface area contributed by atoms with Gasteiger partial charge in [-0.05, 0) is 51.7 Å². The first-order valence-corrected chi connectivity index (χ1v) is 10.9. The molecule has 2 saturated heterocycles. The summed E-state index contributed by atoms with van der Waals surface area (Å²) in [4.78, 5) is 32.4. The van der Waals surface area contributed by atoms with Crippen LogP contribution >= 0.6 is 0 Å². The van der Waals surface area contributed by atoms with Crippen LogP contribution in [-0.2, 0) is 9.59 Å². The maximum atomic E-state index is 12.4. The number of amides is 2. The largest absolute Gasteiger partial charge is 0.346 e.